The highest BCUT2D eigenvalue weighted by molar-refractivity contribution is 9.10. The summed E-state index contributed by atoms with van der Waals surface area (Å²) >= 11 is 9.78. The highest BCUT2D eigenvalue weighted by Crippen LogP contribution is 2.45. The number of aliphatic carboxylic acids is 1. The second kappa shape index (κ2) is 7.16. The van der Waals surface area contributed by atoms with Crippen molar-refractivity contribution >= 4 is 79.0 Å². The lowest BCUT2D eigenvalue weighted by atomic mass is 10.1. The van der Waals surface area contributed by atoms with Crippen LogP contribution < -0.4 is 9.80 Å². The zero-order valence-electron chi connectivity index (χ0n) is 14.1. The topological polar surface area (TPSA) is 77.9 Å². The van der Waals surface area contributed by atoms with Crippen LogP contribution in [0, 0.1) is 0 Å². The van der Waals surface area contributed by atoms with Gasteiger partial charge in [-0.1, -0.05) is 58.1 Å². The summed E-state index contributed by atoms with van der Waals surface area (Å²) in [6, 6.07) is 13.9. The molecule has 0 aliphatic carbocycles. The maximum absolute atomic E-state index is 13.1. The van der Waals surface area contributed by atoms with Gasteiger partial charge in [0.2, 0.25) is 0 Å². The molecule has 9 heteroatoms. The Labute approximate surface area is 177 Å². The number of rotatable bonds is 3. The van der Waals surface area contributed by atoms with E-state index in [-0.39, 0.29) is 10.5 Å². The molecule has 2 heterocycles. The summed E-state index contributed by atoms with van der Waals surface area (Å²) in [5.74, 6) is -2.04. The highest BCUT2D eigenvalue weighted by atomic mass is 79.9. The molecule has 2 aliphatic rings. The average Bonchev–Trinajstić information content (AvgIpc) is 3.09. The smallest absolute Gasteiger partial charge is 0.323 e. The standard InChI is InChI=1S/C19H11BrN2O4S2/c20-10-5-7-11(8-6-10)22-18(26)16(28-19(22)27)15-12-3-1-2-4-13(12)21(17(15)25)9-14(23)24/h1-8H,9H2,(H,23,24)/b16-15+. The van der Waals surface area contributed by atoms with Gasteiger partial charge in [-0.2, -0.15) is 0 Å². The van der Waals surface area contributed by atoms with E-state index in [0.717, 1.165) is 16.2 Å². The Morgan fingerprint density at radius 2 is 1.75 bits per heavy atom. The van der Waals surface area contributed by atoms with Gasteiger partial charge in [-0.05, 0) is 30.3 Å². The second-order valence-corrected chi connectivity index (χ2v) is 8.55. The fraction of sp³-hybridized carbons (Fsp3) is 0.0526. The number of halogens is 1. The number of nitrogens with zero attached hydrogens (tertiary/aromatic N) is 2. The minimum absolute atomic E-state index is 0.189. The number of benzene rings is 2. The van der Waals surface area contributed by atoms with Crippen molar-refractivity contribution in [3.63, 3.8) is 0 Å². The number of thioether (sulfide) groups is 1. The zero-order chi connectivity index (χ0) is 20.0. The van der Waals surface area contributed by atoms with Crippen LogP contribution in [0.2, 0.25) is 0 Å². The van der Waals surface area contributed by atoms with Crippen LogP contribution >= 0.6 is 39.9 Å². The van der Waals surface area contributed by atoms with Gasteiger partial charge in [-0.15, -0.1) is 0 Å². The molecule has 2 amide bonds. The van der Waals surface area contributed by atoms with Crippen molar-refractivity contribution in [1.82, 2.24) is 0 Å². The zero-order valence-corrected chi connectivity index (χ0v) is 17.3. The Bertz CT molecular complexity index is 1080. The van der Waals surface area contributed by atoms with E-state index in [1.807, 2.05) is 0 Å². The molecule has 140 valence electrons. The number of para-hydroxylation sites is 1. The van der Waals surface area contributed by atoms with E-state index in [4.69, 9.17) is 17.3 Å². The lowest BCUT2D eigenvalue weighted by Crippen LogP contribution is -2.32. The van der Waals surface area contributed by atoms with Crippen LogP contribution in [0.5, 0.6) is 0 Å². The molecule has 0 spiro atoms. The van der Waals surface area contributed by atoms with E-state index >= 15 is 0 Å². The molecule has 1 N–H and O–H groups in total. The Balaban J connectivity index is 1.82. The van der Waals surface area contributed by atoms with Crippen LogP contribution in [0.25, 0.3) is 5.57 Å². The average molecular weight is 475 g/mol. The molecule has 28 heavy (non-hydrogen) atoms. The van der Waals surface area contributed by atoms with Gasteiger partial charge in [0.15, 0.2) is 4.32 Å². The predicted molar refractivity (Wildman–Crippen MR) is 115 cm³/mol. The Morgan fingerprint density at radius 3 is 2.43 bits per heavy atom. The van der Waals surface area contributed by atoms with Crippen molar-refractivity contribution in [2.45, 2.75) is 0 Å². The largest absolute Gasteiger partial charge is 0.480 e. The van der Waals surface area contributed by atoms with E-state index in [9.17, 15) is 14.4 Å². The van der Waals surface area contributed by atoms with Gasteiger partial charge < -0.3 is 5.11 Å². The maximum Gasteiger partial charge on any atom is 0.323 e. The SMILES string of the molecule is O=C(O)CN1C(=O)/C(=C2/SC(=S)N(c3ccc(Br)cc3)C2=O)c2ccccc21. The number of anilines is 2. The Morgan fingerprint density at radius 1 is 1.07 bits per heavy atom. The van der Waals surface area contributed by atoms with Crippen LogP contribution in [-0.2, 0) is 14.4 Å². The molecule has 2 aromatic rings. The number of carbonyl (C=O) groups excluding carboxylic acids is 2. The summed E-state index contributed by atoms with van der Waals surface area (Å²) in [4.78, 5) is 40.1. The minimum Gasteiger partial charge on any atom is -0.480 e. The van der Waals surface area contributed by atoms with Crippen LogP contribution in [-0.4, -0.2) is 33.8 Å². The molecule has 2 aromatic carbocycles. The number of carbonyl (C=O) groups is 3. The van der Waals surface area contributed by atoms with Crippen LogP contribution in [0.3, 0.4) is 0 Å². The second-order valence-electron chi connectivity index (χ2n) is 5.99. The van der Waals surface area contributed by atoms with Gasteiger partial charge in [0.1, 0.15) is 6.54 Å². The van der Waals surface area contributed by atoms with Gasteiger partial charge in [0, 0.05) is 10.0 Å². The number of carboxylic acid groups (broad SMARTS) is 1. The molecular weight excluding hydrogens is 464 g/mol. The van der Waals surface area contributed by atoms with Crippen molar-refractivity contribution in [2.75, 3.05) is 16.3 Å². The summed E-state index contributed by atoms with van der Waals surface area (Å²) in [6.45, 7) is -0.480. The molecule has 4 rings (SSSR count). The van der Waals surface area contributed by atoms with Gasteiger partial charge in [0.25, 0.3) is 11.8 Å². The molecule has 0 radical (unpaired) electrons. The number of carboxylic acids is 1. The monoisotopic (exact) mass is 474 g/mol. The van der Waals surface area contributed by atoms with Crippen LogP contribution in [0.1, 0.15) is 5.56 Å². The Hall–Kier alpha value is -2.49. The van der Waals surface area contributed by atoms with Gasteiger partial charge in [0.05, 0.1) is 21.9 Å². The number of fused-ring (bicyclic) bond motifs is 1. The molecule has 1 fully saturated rings. The predicted octanol–water partition coefficient (Wildman–Crippen LogP) is 3.66. The van der Waals surface area contributed by atoms with Crippen molar-refractivity contribution in [2.24, 2.45) is 0 Å². The normalized spacial score (nSPS) is 18.8. The molecule has 6 nitrogen and oxygen atoms in total. The van der Waals surface area contributed by atoms with E-state index in [1.165, 1.54) is 9.80 Å². The molecule has 0 saturated carbocycles. The van der Waals surface area contributed by atoms with Gasteiger partial charge in [-0.3, -0.25) is 24.2 Å². The van der Waals surface area contributed by atoms with E-state index < -0.39 is 24.3 Å². The molecule has 1 saturated heterocycles. The van der Waals surface area contributed by atoms with E-state index in [0.29, 0.717) is 21.3 Å². The first-order chi connectivity index (χ1) is 13.4. The summed E-state index contributed by atoms with van der Waals surface area (Å²) in [7, 11) is 0. The fourth-order valence-electron chi connectivity index (χ4n) is 3.12. The first kappa shape index (κ1) is 18.9. The minimum atomic E-state index is -1.13. The first-order valence-corrected chi connectivity index (χ1v) is 10.1. The summed E-state index contributed by atoms with van der Waals surface area (Å²) < 4.78 is 1.18. The number of amides is 2. The summed E-state index contributed by atoms with van der Waals surface area (Å²) in [6.07, 6.45) is 0. The third-order valence-electron chi connectivity index (χ3n) is 4.30. The molecule has 0 bridgehead atoms. The third kappa shape index (κ3) is 3.05. The van der Waals surface area contributed by atoms with Gasteiger partial charge >= 0.3 is 5.97 Å². The lowest BCUT2D eigenvalue weighted by Gasteiger charge is -2.14. The van der Waals surface area contributed by atoms with Gasteiger partial charge in [-0.25, -0.2) is 0 Å². The fourth-order valence-corrected chi connectivity index (χ4v) is 4.76. The van der Waals surface area contributed by atoms with Crippen LogP contribution in [0.15, 0.2) is 57.9 Å². The van der Waals surface area contributed by atoms with Crippen molar-refractivity contribution < 1.29 is 19.5 Å². The third-order valence-corrected chi connectivity index (χ3v) is 6.20. The molecular formula is C19H11BrN2O4S2. The van der Waals surface area contributed by atoms with Crippen molar-refractivity contribution in [3.8, 4) is 0 Å². The molecule has 0 unspecified atom stereocenters. The van der Waals surface area contributed by atoms with Crippen LogP contribution in [0.4, 0.5) is 11.4 Å². The maximum atomic E-state index is 13.1. The van der Waals surface area contributed by atoms with E-state index in [2.05, 4.69) is 15.9 Å². The lowest BCUT2D eigenvalue weighted by molar-refractivity contribution is -0.136. The quantitative estimate of drug-likeness (QED) is 0.540. The summed E-state index contributed by atoms with van der Waals surface area (Å²) in [5, 5.41) is 9.16. The molecule has 2 aliphatic heterocycles. The highest BCUT2D eigenvalue weighted by Gasteiger charge is 2.42. The number of hydrogen-bond acceptors (Lipinski definition) is 5. The molecule has 0 atom stereocenters. The summed E-state index contributed by atoms with van der Waals surface area (Å²) in [5.41, 5.74) is 1.79. The Kier molecular flexibility index (Phi) is 4.82. The molecule has 0 aromatic heterocycles. The number of hydrogen-bond donors (Lipinski definition) is 1. The number of thiocarbonyl (C=S) groups is 1. The first-order valence-electron chi connectivity index (χ1n) is 8.07. The van der Waals surface area contributed by atoms with Crippen molar-refractivity contribution in [3.05, 3.63) is 63.5 Å². The van der Waals surface area contributed by atoms with E-state index in [1.54, 1.807) is 48.5 Å². The van der Waals surface area contributed by atoms with Crippen molar-refractivity contribution in [1.29, 1.82) is 0 Å².